The molecule has 3 heteroatoms. The van der Waals surface area contributed by atoms with Crippen molar-refractivity contribution in [2.75, 3.05) is 0 Å². The predicted molar refractivity (Wildman–Crippen MR) is 57.9 cm³/mol. The Morgan fingerprint density at radius 3 is 2.14 bits per heavy atom. The maximum absolute atomic E-state index is 11.6. The summed E-state index contributed by atoms with van der Waals surface area (Å²) in [5.41, 5.74) is 0.245. The van der Waals surface area contributed by atoms with Crippen LogP contribution in [-0.4, -0.2) is 10.1 Å². The van der Waals surface area contributed by atoms with Gasteiger partial charge in [-0.05, 0) is 12.5 Å². The molecule has 0 aliphatic heterocycles. The highest BCUT2D eigenvalue weighted by Gasteiger charge is 2.70. The third-order valence-corrected chi connectivity index (χ3v) is 3.77. The van der Waals surface area contributed by atoms with Crippen LogP contribution >= 0.6 is 23.2 Å². The van der Waals surface area contributed by atoms with Crippen molar-refractivity contribution in [3.05, 3.63) is 35.9 Å². The molecule has 0 heterocycles. The van der Waals surface area contributed by atoms with Crippen LogP contribution in [0, 0.1) is 0 Å². The van der Waals surface area contributed by atoms with Gasteiger partial charge in [-0.25, -0.2) is 0 Å². The van der Waals surface area contributed by atoms with Crippen molar-refractivity contribution < 1.29 is 4.79 Å². The minimum absolute atomic E-state index is 0.0358. The first kappa shape index (κ1) is 10.0. The number of alkyl halides is 2. The first-order valence-corrected chi connectivity index (χ1v) is 5.21. The second-order valence-electron chi connectivity index (χ2n) is 3.71. The Bertz CT molecular complexity index is 372. The van der Waals surface area contributed by atoms with E-state index in [1.165, 1.54) is 0 Å². The Morgan fingerprint density at radius 1 is 1.29 bits per heavy atom. The molecule has 0 N–H and O–H groups in total. The molecule has 0 bridgehead atoms. The summed E-state index contributed by atoms with van der Waals surface area (Å²) >= 11 is 12.1. The van der Waals surface area contributed by atoms with E-state index in [-0.39, 0.29) is 5.78 Å². The molecule has 1 atom stereocenters. The number of rotatable bonds is 2. The summed E-state index contributed by atoms with van der Waals surface area (Å²) < 4.78 is -0.916. The Hall–Kier alpha value is -0.530. The second-order valence-corrected chi connectivity index (χ2v) is 5.19. The van der Waals surface area contributed by atoms with Crippen molar-refractivity contribution in [1.29, 1.82) is 0 Å². The summed E-state index contributed by atoms with van der Waals surface area (Å²) in [4.78, 5) is 11.6. The van der Waals surface area contributed by atoms with Crippen LogP contribution < -0.4 is 0 Å². The standard InChI is InChI=1S/C11H10Cl2O/c1-8(14)10(7-11(10,12)13)9-5-3-2-4-6-9/h2-6H,7H2,1H3. The van der Waals surface area contributed by atoms with Gasteiger partial charge >= 0.3 is 0 Å². The fraction of sp³-hybridized carbons (Fsp3) is 0.364. The van der Waals surface area contributed by atoms with Crippen molar-refractivity contribution in [1.82, 2.24) is 0 Å². The van der Waals surface area contributed by atoms with Crippen LogP contribution in [0.3, 0.4) is 0 Å². The monoisotopic (exact) mass is 228 g/mol. The van der Waals surface area contributed by atoms with Crippen LogP contribution in [0.1, 0.15) is 18.9 Å². The molecule has 14 heavy (non-hydrogen) atoms. The predicted octanol–water partition coefficient (Wildman–Crippen LogP) is 3.09. The zero-order valence-corrected chi connectivity index (χ0v) is 9.27. The topological polar surface area (TPSA) is 17.1 Å². The molecule has 0 saturated heterocycles. The van der Waals surface area contributed by atoms with E-state index < -0.39 is 9.75 Å². The smallest absolute Gasteiger partial charge is 0.143 e. The normalized spacial score (nSPS) is 28.5. The Kier molecular flexibility index (Phi) is 2.13. The largest absolute Gasteiger partial charge is 0.299 e. The SMILES string of the molecule is CC(=O)C1(c2ccccc2)CC1(Cl)Cl. The van der Waals surface area contributed by atoms with E-state index in [9.17, 15) is 4.79 Å². The van der Waals surface area contributed by atoms with Crippen molar-refractivity contribution in [2.45, 2.75) is 23.1 Å². The maximum Gasteiger partial charge on any atom is 0.143 e. The average molecular weight is 229 g/mol. The summed E-state index contributed by atoms with van der Waals surface area (Å²) in [6.07, 6.45) is 0.516. The molecule has 1 unspecified atom stereocenters. The van der Waals surface area contributed by atoms with E-state index in [4.69, 9.17) is 23.2 Å². The van der Waals surface area contributed by atoms with Crippen molar-refractivity contribution in [3.63, 3.8) is 0 Å². The molecule has 2 rings (SSSR count). The molecule has 0 spiro atoms. The fourth-order valence-electron chi connectivity index (χ4n) is 1.91. The molecule has 1 saturated carbocycles. The minimum Gasteiger partial charge on any atom is -0.299 e. The zero-order chi connectivity index (χ0) is 10.4. The van der Waals surface area contributed by atoms with Crippen LogP contribution in [0.2, 0.25) is 0 Å². The highest BCUT2D eigenvalue weighted by molar-refractivity contribution is 6.54. The number of ketones is 1. The lowest BCUT2D eigenvalue weighted by molar-refractivity contribution is -0.119. The quantitative estimate of drug-likeness (QED) is 0.712. The summed E-state index contributed by atoms with van der Waals surface area (Å²) in [6.45, 7) is 1.54. The minimum atomic E-state index is -0.916. The van der Waals surface area contributed by atoms with E-state index >= 15 is 0 Å². The third kappa shape index (κ3) is 1.19. The van der Waals surface area contributed by atoms with Crippen LogP contribution in [0.25, 0.3) is 0 Å². The van der Waals surface area contributed by atoms with Crippen LogP contribution in [0.5, 0.6) is 0 Å². The lowest BCUT2D eigenvalue weighted by atomic mass is 9.92. The average Bonchev–Trinajstić information content (AvgIpc) is 2.72. The van der Waals surface area contributed by atoms with Gasteiger partial charge in [0.15, 0.2) is 0 Å². The second kappa shape index (κ2) is 2.98. The Balaban J connectivity index is 2.47. The van der Waals surface area contributed by atoms with Gasteiger partial charge in [0.05, 0.1) is 5.41 Å². The number of hydrogen-bond acceptors (Lipinski definition) is 1. The number of carbonyl (C=O) groups excluding carboxylic acids is 1. The molecule has 1 nitrogen and oxygen atoms in total. The van der Waals surface area contributed by atoms with Crippen molar-refractivity contribution in [3.8, 4) is 0 Å². The van der Waals surface area contributed by atoms with E-state index in [2.05, 4.69) is 0 Å². The van der Waals surface area contributed by atoms with Gasteiger partial charge in [-0.1, -0.05) is 30.3 Å². The molecule has 74 valence electrons. The highest BCUT2D eigenvalue weighted by Crippen LogP contribution is 2.65. The summed E-state index contributed by atoms with van der Waals surface area (Å²) in [6, 6.07) is 9.48. The molecule has 0 radical (unpaired) electrons. The summed E-state index contributed by atoms with van der Waals surface area (Å²) in [5, 5.41) is 0. The molecule has 0 amide bonds. The number of hydrogen-bond donors (Lipinski definition) is 0. The van der Waals surface area contributed by atoms with E-state index in [1.807, 2.05) is 30.3 Å². The van der Waals surface area contributed by atoms with Gasteiger partial charge in [-0.15, -0.1) is 23.2 Å². The summed E-state index contributed by atoms with van der Waals surface area (Å²) in [7, 11) is 0. The van der Waals surface area contributed by atoms with Gasteiger partial charge in [-0.2, -0.15) is 0 Å². The zero-order valence-electron chi connectivity index (χ0n) is 7.76. The van der Waals surface area contributed by atoms with Gasteiger partial charge < -0.3 is 0 Å². The van der Waals surface area contributed by atoms with E-state index in [0.717, 1.165) is 5.56 Å². The third-order valence-electron chi connectivity index (χ3n) is 2.85. The lowest BCUT2D eigenvalue weighted by Crippen LogP contribution is -2.23. The van der Waals surface area contributed by atoms with E-state index in [0.29, 0.717) is 6.42 Å². The van der Waals surface area contributed by atoms with Gasteiger partial charge in [0.1, 0.15) is 10.1 Å². The molecule has 1 aliphatic carbocycles. The van der Waals surface area contributed by atoms with Crippen molar-refractivity contribution >= 4 is 29.0 Å². The van der Waals surface area contributed by atoms with Gasteiger partial charge in [0.25, 0.3) is 0 Å². The summed E-state index contributed by atoms with van der Waals surface area (Å²) in [5.74, 6) is 0.0358. The lowest BCUT2D eigenvalue weighted by Gasteiger charge is -2.14. The van der Waals surface area contributed by atoms with Crippen LogP contribution in [-0.2, 0) is 10.2 Å². The van der Waals surface area contributed by atoms with Crippen molar-refractivity contribution in [2.24, 2.45) is 0 Å². The molecule has 1 aromatic rings. The highest BCUT2D eigenvalue weighted by atomic mass is 35.5. The van der Waals surface area contributed by atoms with Gasteiger partial charge in [0.2, 0.25) is 0 Å². The molecular formula is C11H10Cl2O. The van der Waals surface area contributed by atoms with Crippen LogP contribution in [0.4, 0.5) is 0 Å². The number of carbonyl (C=O) groups is 1. The fourth-order valence-corrected chi connectivity index (χ4v) is 2.80. The number of Topliss-reactive ketones (excluding diaryl/α,β-unsaturated/α-hetero) is 1. The molecule has 1 aromatic carbocycles. The maximum atomic E-state index is 11.6. The van der Waals surface area contributed by atoms with Crippen LogP contribution in [0.15, 0.2) is 30.3 Å². The number of halogens is 2. The van der Waals surface area contributed by atoms with Gasteiger partial charge in [0, 0.05) is 6.42 Å². The molecule has 1 fully saturated rings. The first-order valence-electron chi connectivity index (χ1n) is 4.45. The number of benzene rings is 1. The molecule has 1 aliphatic rings. The van der Waals surface area contributed by atoms with Gasteiger partial charge in [-0.3, -0.25) is 4.79 Å². The molecular weight excluding hydrogens is 219 g/mol. The van der Waals surface area contributed by atoms with E-state index in [1.54, 1.807) is 6.92 Å². The Labute approximate surface area is 93.0 Å². The Morgan fingerprint density at radius 2 is 1.79 bits per heavy atom. The molecule has 0 aromatic heterocycles. The first-order chi connectivity index (χ1) is 6.51.